The van der Waals surface area contributed by atoms with Gasteiger partial charge in [-0.05, 0) is 54.7 Å². The molecule has 2 heterocycles. The summed E-state index contributed by atoms with van der Waals surface area (Å²) in [5.41, 5.74) is 3.25. The fourth-order valence-corrected chi connectivity index (χ4v) is 5.06. The van der Waals surface area contributed by atoms with E-state index in [0.29, 0.717) is 0 Å². The molecule has 1 fully saturated rings. The Labute approximate surface area is 197 Å². The van der Waals surface area contributed by atoms with Gasteiger partial charge < -0.3 is 9.64 Å². The minimum Gasteiger partial charge on any atom is -0.380 e. The van der Waals surface area contributed by atoms with Gasteiger partial charge in [0.2, 0.25) is 0 Å². The molecule has 33 heavy (non-hydrogen) atoms. The number of hydrogen-bond donors (Lipinski definition) is 0. The number of rotatable bonds is 9. The van der Waals surface area contributed by atoms with Crippen LogP contribution in [-0.2, 0) is 4.74 Å². The van der Waals surface area contributed by atoms with Crippen molar-refractivity contribution < 1.29 is 13.5 Å². The molecule has 2 aliphatic heterocycles. The van der Waals surface area contributed by atoms with Crippen LogP contribution in [0.25, 0.3) is 0 Å². The Morgan fingerprint density at radius 3 is 2.24 bits per heavy atom. The number of benzene rings is 2. The summed E-state index contributed by atoms with van der Waals surface area (Å²) in [5.74, 6) is -0.246. The van der Waals surface area contributed by atoms with Crippen molar-refractivity contribution in [2.75, 3.05) is 70.5 Å². The molecule has 1 saturated heterocycles. The number of anilines is 1. The molecule has 180 valence electrons. The normalized spacial score (nSPS) is 20.0. The summed E-state index contributed by atoms with van der Waals surface area (Å²) in [6.07, 6.45) is 3.09. The molecule has 1 unspecified atom stereocenters. The average Bonchev–Trinajstić information content (AvgIpc) is 3.01. The van der Waals surface area contributed by atoms with Crippen molar-refractivity contribution in [1.82, 2.24) is 9.80 Å². The molecule has 0 aliphatic carbocycles. The molecule has 4 rings (SSSR count). The first kappa shape index (κ1) is 24.1. The largest absolute Gasteiger partial charge is 0.380 e. The Balaban J connectivity index is 1.36. The highest BCUT2D eigenvalue weighted by Gasteiger charge is 2.25. The number of fused-ring (bicyclic) bond motifs is 1. The van der Waals surface area contributed by atoms with E-state index >= 15 is 0 Å². The van der Waals surface area contributed by atoms with Crippen molar-refractivity contribution in [3.05, 3.63) is 65.2 Å². The lowest BCUT2D eigenvalue weighted by atomic mass is 9.87. The van der Waals surface area contributed by atoms with Gasteiger partial charge in [0.1, 0.15) is 11.6 Å². The second kappa shape index (κ2) is 11.9. The Morgan fingerprint density at radius 2 is 1.52 bits per heavy atom. The molecule has 2 aliphatic rings. The molecule has 6 heteroatoms. The van der Waals surface area contributed by atoms with Crippen LogP contribution in [0.4, 0.5) is 14.5 Å². The third-order valence-corrected chi connectivity index (χ3v) is 6.95. The molecule has 0 saturated carbocycles. The minimum atomic E-state index is -0.220. The van der Waals surface area contributed by atoms with Gasteiger partial charge in [-0.15, -0.1) is 0 Å². The summed E-state index contributed by atoms with van der Waals surface area (Å²) in [5, 5.41) is 0. The second-order valence-electron chi connectivity index (χ2n) is 9.23. The van der Waals surface area contributed by atoms with Crippen LogP contribution in [0.3, 0.4) is 0 Å². The van der Waals surface area contributed by atoms with Crippen LogP contribution >= 0.6 is 0 Å². The van der Waals surface area contributed by atoms with Crippen molar-refractivity contribution in [1.29, 1.82) is 0 Å². The summed E-state index contributed by atoms with van der Waals surface area (Å²) in [7, 11) is 0. The maximum atomic E-state index is 14.3. The van der Waals surface area contributed by atoms with Crippen molar-refractivity contribution >= 4 is 5.69 Å². The number of ether oxygens (including phenoxy) is 1. The molecule has 4 nitrogen and oxygen atoms in total. The Morgan fingerprint density at radius 1 is 0.818 bits per heavy atom. The maximum absolute atomic E-state index is 14.3. The van der Waals surface area contributed by atoms with Crippen molar-refractivity contribution in [3.63, 3.8) is 0 Å². The highest BCUT2D eigenvalue weighted by molar-refractivity contribution is 5.58. The SMILES string of the molecule is CCCOCCN1CCN(CCN2CCCC(c3ccc(F)cc3)c3ccc(F)cc32)CC1. The predicted molar refractivity (Wildman–Crippen MR) is 130 cm³/mol. The first-order chi connectivity index (χ1) is 16.1. The van der Waals surface area contributed by atoms with E-state index in [9.17, 15) is 8.78 Å². The van der Waals surface area contributed by atoms with Crippen LogP contribution in [0, 0.1) is 11.6 Å². The van der Waals surface area contributed by atoms with Gasteiger partial charge in [-0.3, -0.25) is 9.80 Å². The first-order valence-corrected chi connectivity index (χ1v) is 12.5. The molecular formula is C27H37F2N3O. The molecule has 0 bridgehead atoms. The molecule has 1 atom stereocenters. The van der Waals surface area contributed by atoms with E-state index in [2.05, 4.69) is 21.6 Å². The van der Waals surface area contributed by atoms with Gasteiger partial charge in [0.25, 0.3) is 0 Å². The lowest BCUT2D eigenvalue weighted by molar-refractivity contribution is 0.0766. The zero-order valence-electron chi connectivity index (χ0n) is 19.8. The lowest BCUT2D eigenvalue weighted by Crippen LogP contribution is -2.49. The quantitative estimate of drug-likeness (QED) is 0.506. The van der Waals surface area contributed by atoms with Crippen LogP contribution in [0.1, 0.15) is 43.2 Å². The second-order valence-corrected chi connectivity index (χ2v) is 9.23. The van der Waals surface area contributed by atoms with Gasteiger partial charge in [-0.2, -0.15) is 0 Å². The van der Waals surface area contributed by atoms with E-state index in [1.807, 2.05) is 18.2 Å². The fraction of sp³-hybridized carbons (Fsp3) is 0.556. The third-order valence-electron chi connectivity index (χ3n) is 6.95. The van der Waals surface area contributed by atoms with Gasteiger partial charge in [0.05, 0.1) is 6.61 Å². The molecule has 0 radical (unpaired) electrons. The highest BCUT2D eigenvalue weighted by atomic mass is 19.1. The van der Waals surface area contributed by atoms with Crippen molar-refractivity contribution in [2.24, 2.45) is 0 Å². The highest BCUT2D eigenvalue weighted by Crippen LogP contribution is 2.39. The molecule has 0 N–H and O–H groups in total. The molecule has 2 aromatic carbocycles. The first-order valence-electron chi connectivity index (χ1n) is 12.5. The van der Waals surface area contributed by atoms with E-state index in [-0.39, 0.29) is 17.6 Å². The summed E-state index contributed by atoms with van der Waals surface area (Å²) in [4.78, 5) is 7.35. The topological polar surface area (TPSA) is 19.0 Å². The monoisotopic (exact) mass is 457 g/mol. The summed E-state index contributed by atoms with van der Waals surface area (Å²) in [6, 6.07) is 12.0. The smallest absolute Gasteiger partial charge is 0.125 e. The maximum Gasteiger partial charge on any atom is 0.125 e. The van der Waals surface area contributed by atoms with Gasteiger partial charge in [0, 0.05) is 70.6 Å². The van der Waals surface area contributed by atoms with Crippen molar-refractivity contribution in [2.45, 2.75) is 32.1 Å². The summed E-state index contributed by atoms with van der Waals surface area (Å²) < 4.78 is 33.4. The summed E-state index contributed by atoms with van der Waals surface area (Å²) in [6.45, 7) is 11.9. The number of piperazine rings is 1. The van der Waals surface area contributed by atoms with Gasteiger partial charge >= 0.3 is 0 Å². The molecular weight excluding hydrogens is 420 g/mol. The summed E-state index contributed by atoms with van der Waals surface area (Å²) >= 11 is 0. The van der Waals surface area contributed by atoms with Crippen LogP contribution < -0.4 is 4.90 Å². The van der Waals surface area contributed by atoms with E-state index in [4.69, 9.17) is 4.74 Å². The van der Waals surface area contributed by atoms with Gasteiger partial charge in [0.15, 0.2) is 0 Å². The predicted octanol–water partition coefficient (Wildman–Crippen LogP) is 4.74. The molecule has 0 aromatic heterocycles. The van der Waals surface area contributed by atoms with E-state index in [1.54, 1.807) is 12.1 Å². The lowest BCUT2D eigenvalue weighted by Gasteiger charge is -2.36. The van der Waals surface area contributed by atoms with Gasteiger partial charge in [-0.25, -0.2) is 8.78 Å². The van der Waals surface area contributed by atoms with Crippen LogP contribution in [0.15, 0.2) is 42.5 Å². The Hall–Kier alpha value is -2.02. The number of halogens is 2. The fourth-order valence-electron chi connectivity index (χ4n) is 5.06. The molecule has 2 aromatic rings. The molecule has 0 amide bonds. The Bertz CT molecular complexity index is 868. The van der Waals surface area contributed by atoms with E-state index in [0.717, 1.165) is 102 Å². The third kappa shape index (κ3) is 6.52. The van der Waals surface area contributed by atoms with Crippen LogP contribution in [-0.4, -0.2) is 75.4 Å². The van der Waals surface area contributed by atoms with Crippen LogP contribution in [0.5, 0.6) is 0 Å². The van der Waals surface area contributed by atoms with Gasteiger partial charge in [-0.1, -0.05) is 25.1 Å². The molecule has 0 spiro atoms. The zero-order valence-corrected chi connectivity index (χ0v) is 19.8. The van der Waals surface area contributed by atoms with Crippen LogP contribution in [0.2, 0.25) is 0 Å². The van der Waals surface area contributed by atoms with Crippen molar-refractivity contribution in [3.8, 4) is 0 Å². The average molecular weight is 458 g/mol. The number of hydrogen-bond acceptors (Lipinski definition) is 4. The van der Waals surface area contributed by atoms with E-state index in [1.165, 1.54) is 12.1 Å². The number of nitrogens with zero attached hydrogens (tertiary/aromatic N) is 3. The standard InChI is InChI=1S/C27H37F2N3O/c1-2-19-33-20-18-31-14-12-30(13-15-31)16-17-32-11-3-4-25(22-5-7-23(28)8-6-22)26-10-9-24(29)21-27(26)32/h5-10,21,25H,2-4,11-20H2,1H3. The minimum absolute atomic E-state index is 0.171. The Kier molecular flexibility index (Phi) is 8.70. The zero-order chi connectivity index (χ0) is 23.0. The van der Waals surface area contributed by atoms with E-state index < -0.39 is 0 Å².